The molecule has 0 radical (unpaired) electrons. The quantitative estimate of drug-likeness (QED) is 0.115. The van der Waals surface area contributed by atoms with Gasteiger partial charge in [0.15, 0.2) is 0 Å². The fourth-order valence-electron chi connectivity index (χ4n) is 3.44. The van der Waals surface area contributed by atoms with Gasteiger partial charge in [0, 0.05) is 0 Å². The number of halogens is 2. The normalized spacial score (nSPS) is 11.4. The molecule has 0 unspecified atom stereocenters. The Kier molecular flexibility index (Phi) is 6.56. The van der Waals surface area contributed by atoms with Gasteiger partial charge in [0.25, 0.3) is 0 Å². The number of para-hydroxylation sites is 1. The van der Waals surface area contributed by atoms with Crippen molar-refractivity contribution in [3.8, 4) is 5.75 Å². The van der Waals surface area contributed by atoms with Gasteiger partial charge in [0.2, 0.25) is 5.13 Å². The summed E-state index contributed by atoms with van der Waals surface area (Å²) >= 11 is 6.23. The highest BCUT2D eigenvalue weighted by atomic mass is 127. The van der Waals surface area contributed by atoms with Gasteiger partial charge in [0.05, 0.1) is 23.6 Å². The van der Waals surface area contributed by atoms with Crippen LogP contribution in [0.2, 0.25) is 0 Å². The second-order valence-corrected chi connectivity index (χ2v) is 10.5. The molecule has 0 bridgehead atoms. The molecule has 0 saturated heterocycles. The van der Waals surface area contributed by atoms with Crippen molar-refractivity contribution in [1.82, 2.24) is 4.98 Å². The lowest BCUT2D eigenvalue weighted by atomic mass is 10.1. The summed E-state index contributed by atoms with van der Waals surface area (Å²) in [6, 6.07) is 26.9. The SMILES string of the molecule is Ic1cc(/C=N\Nc2nc3ccccc3s2)cc(I)c1OCc1cccc2ccccc12. The molecule has 32 heavy (non-hydrogen) atoms. The van der Waals surface area contributed by atoms with Gasteiger partial charge in [-0.25, -0.2) is 4.98 Å². The highest BCUT2D eigenvalue weighted by molar-refractivity contribution is 14.1. The first-order chi connectivity index (χ1) is 15.7. The zero-order chi connectivity index (χ0) is 21.9. The van der Waals surface area contributed by atoms with E-state index in [2.05, 4.69) is 121 Å². The maximum Gasteiger partial charge on any atom is 0.204 e. The molecule has 0 atom stereocenters. The van der Waals surface area contributed by atoms with Crippen LogP contribution in [0.1, 0.15) is 11.1 Å². The number of benzene rings is 4. The molecule has 0 aliphatic rings. The van der Waals surface area contributed by atoms with Crippen LogP contribution in [-0.2, 0) is 6.61 Å². The molecular formula is C25H17I2N3OS. The number of anilines is 1. The molecule has 7 heteroatoms. The van der Waals surface area contributed by atoms with Crippen LogP contribution in [0, 0.1) is 7.14 Å². The van der Waals surface area contributed by atoms with Crippen molar-refractivity contribution in [2.45, 2.75) is 6.61 Å². The van der Waals surface area contributed by atoms with Crippen LogP contribution in [0.15, 0.2) is 84.0 Å². The van der Waals surface area contributed by atoms with Crippen molar-refractivity contribution in [2.75, 3.05) is 5.43 Å². The molecule has 158 valence electrons. The molecule has 4 nitrogen and oxygen atoms in total. The fourth-order valence-corrected chi connectivity index (χ4v) is 6.39. The average molecular weight is 661 g/mol. The lowest BCUT2D eigenvalue weighted by molar-refractivity contribution is 0.303. The van der Waals surface area contributed by atoms with Crippen LogP contribution >= 0.6 is 56.5 Å². The highest BCUT2D eigenvalue weighted by Gasteiger charge is 2.10. The van der Waals surface area contributed by atoms with Gasteiger partial charge in [-0.3, -0.25) is 5.43 Å². The summed E-state index contributed by atoms with van der Waals surface area (Å²) in [5, 5.41) is 7.61. The van der Waals surface area contributed by atoms with Gasteiger partial charge in [-0.2, -0.15) is 5.10 Å². The lowest BCUT2D eigenvalue weighted by Crippen LogP contribution is -2.01. The van der Waals surface area contributed by atoms with E-state index in [1.807, 2.05) is 24.4 Å². The molecule has 1 N–H and O–H groups in total. The van der Waals surface area contributed by atoms with Crippen molar-refractivity contribution >= 4 is 88.9 Å². The molecule has 0 fully saturated rings. The molecule has 1 heterocycles. The maximum atomic E-state index is 6.24. The Balaban J connectivity index is 1.30. The Morgan fingerprint density at radius 3 is 2.53 bits per heavy atom. The van der Waals surface area contributed by atoms with E-state index >= 15 is 0 Å². The molecule has 1 aromatic heterocycles. The summed E-state index contributed by atoms with van der Waals surface area (Å²) in [5.41, 5.74) is 6.20. The molecule has 0 aliphatic carbocycles. The third-order valence-electron chi connectivity index (χ3n) is 4.94. The molecule has 0 spiro atoms. The summed E-state index contributed by atoms with van der Waals surface area (Å²) < 4.78 is 9.49. The predicted octanol–water partition coefficient (Wildman–Crippen LogP) is 7.68. The van der Waals surface area contributed by atoms with E-state index in [9.17, 15) is 0 Å². The largest absolute Gasteiger partial charge is 0.487 e. The average Bonchev–Trinajstić information content (AvgIpc) is 3.21. The predicted molar refractivity (Wildman–Crippen MR) is 151 cm³/mol. The molecule has 4 aromatic carbocycles. The van der Waals surface area contributed by atoms with Crippen molar-refractivity contribution in [1.29, 1.82) is 0 Å². The Labute approximate surface area is 217 Å². The second kappa shape index (κ2) is 9.72. The summed E-state index contributed by atoms with van der Waals surface area (Å²) in [7, 11) is 0. The molecule has 5 aromatic rings. The van der Waals surface area contributed by atoms with Gasteiger partial charge < -0.3 is 4.74 Å². The number of hydrazone groups is 1. The third kappa shape index (κ3) is 4.74. The maximum absolute atomic E-state index is 6.24. The summed E-state index contributed by atoms with van der Waals surface area (Å²) in [4.78, 5) is 4.54. The third-order valence-corrected chi connectivity index (χ3v) is 7.48. The van der Waals surface area contributed by atoms with E-state index < -0.39 is 0 Å². The summed E-state index contributed by atoms with van der Waals surface area (Å²) in [6.45, 7) is 0.528. The minimum absolute atomic E-state index is 0.528. The highest BCUT2D eigenvalue weighted by Crippen LogP contribution is 2.30. The molecule has 0 aliphatic heterocycles. The first kappa shape index (κ1) is 21.6. The number of nitrogens with zero attached hydrogens (tertiary/aromatic N) is 2. The van der Waals surface area contributed by atoms with E-state index in [4.69, 9.17) is 4.74 Å². The topological polar surface area (TPSA) is 46.5 Å². The van der Waals surface area contributed by atoms with Crippen LogP contribution in [0.4, 0.5) is 5.13 Å². The zero-order valence-corrected chi connectivity index (χ0v) is 21.9. The molecule has 0 saturated carbocycles. The van der Waals surface area contributed by atoms with E-state index in [0.717, 1.165) is 33.8 Å². The molecule has 0 amide bonds. The monoisotopic (exact) mass is 661 g/mol. The van der Waals surface area contributed by atoms with Crippen LogP contribution in [-0.4, -0.2) is 11.2 Å². The molecule has 5 rings (SSSR count). The Morgan fingerprint density at radius 1 is 0.938 bits per heavy atom. The second-order valence-electron chi connectivity index (χ2n) is 7.10. The van der Waals surface area contributed by atoms with Crippen molar-refractivity contribution in [2.24, 2.45) is 5.10 Å². The van der Waals surface area contributed by atoms with Crippen molar-refractivity contribution in [3.05, 3.63) is 97.1 Å². The molecular weight excluding hydrogens is 644 g/mol. The number of ether oxygens (including phenoxy) is 1. The minimum atomic E-state index is 0.528. The first-order valence-electron chi connectivity index (χ1n) is 9.90. The van der Waals surface area contributed by atoms with Gasteiger partial charge in [-0.05, 0) is 91.3 Å². The van der Waals surface area contributed by atoms with E-state index in [-0.39, 0.29) is 0 Å². The van der Waals surface area contributed by atoms with Crippen molar-refractivity contribution < 1.29 is 4.74 Å². The number of hydrogen-bond acceptors (Lipinski definition) is 5. The number of fused-ring (bicyclic) bond motifs is 2. The smallest absolute Gasteiger partial charge is 0.204 e. The Bertz CT molecular complexity index is 1390. The standard InChI is InChI=1S/C25H17I2N3OS/c26-20-12-16(14-28-30-25-29-22-10-3-4-11-23(22)32-25)13-21(27)24(20)31-15-18-8-5-7-17-6-1-2-9-19(17)18/h1-14H,15H2,(H,29,30)/b28-14-. The minimum Gasteiger partial charge on any atom is -0.487 e. The number of thiazole rings is 1. The van der Waals surface area contributed by atoms with Crippen LogP contribution in [0.3, 0.4) is 0 Å². The van der Waals surface area contributed by atoms with E-state index in [0.29, 0.717) is 6.61 Å². The van der Waals surface area contributed by atoms with E-state index in [1.165, 1.54) is 16.3 Å². The number of rotatable bonds is 6. The van der Waals surface area contributed by atoms with Gasteiger partial charge >= 0.3 is 0 Å². The Hall–Kier alpha value is -2.24. The zero-order valence-electron chi connectivity index (χ0n) is 16.8. The lowest BCUT2D eigenvalue weighted by Gasteiger charge is -2.13. The van der Waals surface area contributed by atoms with Crippen LogP contribution < -0.4 is 10.2 Å². The number of nitrogens with one attached hydrogen (secondary N) is 1. The van der Waals surface area contributed by atoms with Crippen molar-refractivity contribution in [3.63, 3.8) is 0 Å². The first-order valence-corrected chi connectivity index (χ1v) is 12.9. The summed E-state index contributed by atoms with van der Waals surface area (Å²) in [6.07, 6.45) is 1.81. The van der Waals surface area contributed by atoms with Crippen LogP contribution in [0.5, 0.6) is 5.75 Å². The van der Waals surface area contributed by atoms with E-state index in [1.54, 1.807) is 11.3 Å². The van der Waals surface area contributed by atoms with Gasteiger partial charge in [-0.1, -0.05) is 65.9 Å². The Morgan fingerprint density at radius 2 is 1.69 bits per heavy atom. The number of hydrogen-bond donors (Lipinski definition) is 1. The van der Waals surface area contributed by atoms with Gasteiger partial charge in [0.1, 0.15) is 12.4 Å². The van der Waals surface area contributed by atoms with Gasteiger partial charge in [-0.15, -0.1) is 0 Å². The summed E-state index contributed by atoms with van der Waals surface area (Å²) in [5.74, 6) is 0.899. The van der Waals surface area contributed by atoms with Crippen LogP contribution in [0.25, 0.3) is 21.0 Å². The fraction of sp³-hybridized carbons (Fsp3) is 0.0400. The number of aromatic nitrogens is 1.